The zero-order chi connectivity index (χ0) is 15.4. The van der Waals surface area contributed by atoms with Crippen LogP contribution in [-0.4, -0.2) is 42.4 Å². The van der Waals surface area contributed by atoms with Crippen molar-refractivity contribution >= 4 is 24.2 Å². The Kier molecular flexibility index (Phi) is 7.63. The highest BCUT2D eigenvalue weighted by Crippen LogP contribution is 2.27. The van der Waals surface area contributed by atoms with Crippen molar-refractivity contribution in [1.29, 1.82) is 0 Å². The predicted molar refractivity (Wildman–Crippen MR) is 89.7 cm³/mol. The molecule has 0 aromatic heterocycles. The van der Waals surface area contributed by atoms with Gasteiger partial charge in [0.05, 0.1) is 5.92 Å². The first-order chi connectivity index (χ1) is 9.99. The summed E-state index contributed by atoms with van der Waals surface area (Å²) in [6, 6.07) is 0.230. The van der Waals surface area contributed by atoms with Gasteiger partial charge in [0.25, 0.3) is 0 Å². The van der Waals surface area contributed by atoms with E-state index in [0.29, 0.717) is 24.8 Å². The number of amides is 2. The summed E-state index contributed by atoms with van der Waals surface area (Å²) in [5, 5.41) is 3.36. The van der Waals surface area contributed by atoms with Crippen LogP contribution < -0.4 is 11.1 Å². The molecule has 0 bridgehead atoms. The quantitative estimate of drug-likeness (QED) is 0.820. The summed E-state index contributed by atoms with van der Waals surface area (Å²) in [6.07, 6.45) is 4.60. The number of nitrogens with zero attached hydrogens (tertiary/aromatic N) is 1. The Morgan fingerprint density at radius 2 is 1.86 bits per heavy atom. The summed E-state index contributed by atoms with van der Waals surface area (Å²) in [4.78, 5) is 25.8. The van der Waals surface area contributed by atoms with Crippen molar-refractivity contribution in [3.63, 3.8) is 0 Å². The van der Waals surface area contributed by atoms with Gasteiger partial charge in [-0.3, -0.25) is 9.59 Å². The number of piperidine rings is 2. The maximum absolute atomic E-state index is 12.6. The van der Waals surface area contributed by atoms with Gasteiger partial charge >= 0.3 is 0 Å². The Morgan fingerprint density at radius 3 is 2.45 bits per heavy atom. The van der Waals surface area contributed by atoms with Crippen molar-refractivity contribution in [2.45, 2.75) is 52.0 Å². The molecule has 2 aliphatic heterocycles. The molecule has 128 valence electrons. The number of hydrogen-bond acceptors (Lipinski definition) is 3. The third-order valence-electron chi connectivity index (χ3n) is 5.29. The normalized spacial score (nSPS) is 27.8. The Morgan fingerprint density at radius 1 is 1.23 bits per heavy atom. The van der Waals surface area contributed by atoms with Crippen LogP contribution in [0.3, 0.4) is 0 Å². The lowest BCUT2D eigenvalue weighted by atomic mass is 9.83. The van der Waals surface area contributed by atoms with Gasteiger partial charge in [0.1, 0.15) is 0 Å². The lowest BCUT2D eigenvalue weighted by Crippen LogP contribution is -2.49. The van der Waals surface area contributed by atoms with E-state index in [4.69, 9.17) is 5.73 Å². The van der Waals surface area contributed by atoms with Gasteiger partial charge in [-0.25, -0.2) is 0 Å². The highest BCUT2D eigenvalue weighted by molar-refractivity contribution is 5.85. The van der Waals surface area contributed by atoms with Crippen LogP contribution in [-0.2, 0) is 9.59 Å². The number of primary amides is 1. The van der Waals surface area contributed by atoms with E-state index < -0.39 is 0 Å². The summed E-state index contributed by atoms with van der Waals surface area (Å²) >= 11 is 0. The third kappa shape index (κ3) is 4.85. The molecule has 0 aromatic rings. The second-order valence-electron chi connectivity index (χ2n) is 6.84. The first-order valence-corrected chi connectivity index (χ1v) is 8.28. The summed E-state index contributed by atoms with van der Waals surface area (Å²) < 4.78 is 0. The molecule has 0 spiro atoms. The highest BCUT2D eigenvalue weighted by Gasteiger charge is 2.33. The molecular formula is C16H30ClN3O2. The Labute approximate surface area is 139 Å². The molecule has 2 rings (SSSR count). The molecule has 2 saturated heterocycles. The van der Waals surface area contributed by atoms with Gasteiger partial charge in [0.2, 0.25) is 11.8 Å². The van der Waals surface area contributed by atoms with E-state index in [1.54, 1.807) is 0 Å². The van der Waals surface area contributed by atoms with E-state index in [0.717, 1.165) is 38.8 Å². The molecule has 0 aromatic carbocycles. The van der Waals surface area contributed by atoms with Crippen LogP contribution in [0.5, 0.6) is 0 Å². The van der Waals surface area contributed by atoms with Crippen LogP contribution in [0.1, 0.15) is 46.0 Å². The van der Waals surface area contributed by atoms with Gasteiger partial charge in [-0.2, -0.15) is 0 Å². The van der Waals surface area contributed by atoms with Crippen LogP contribution in [0, 0.1) is 17.8 Å². The molecule has 3 N–H and O–H groups in total. The second kappa shape index (κ2) is 8.73. The summed E-state index contributed by atoms with van der Waals surface area (Å²) in [6.45, 7) is 6.90. The fraction of sp³-hybridized carbons (Fsp3) is 0.875. The SMILES string of the molecule is CC(CC(=O)N1CC(C(N)=O)CCC1C)C1CCNCC1.Cl. The van der Waals surface area contributed by atoms with Crippen LogP contribution >= 0.6 is 12.4 Å². The van der Waals surface area contributed by atoms with E-state index in [2.05, 4.69) is 19.2 Å². The highest BCUT2D eigenvalue weighted by atomic mass is 35.5. The Balaban J connectivity index is 0.00000242. The number of nitrogens with two attached hydrogens (primary N) is 1. The largest absolute Gasteiger partial charge is 0.369 e. The van der Waals surface area contributed by atoms with Crippen molar-refractivity contribution in [3.05, 3.63) is 0 Å². The molecule has 6 heteroatoms. The molecule has 2 aliphatic rings. The van der Waals surface area contributed by atoms with Crippen molar-refractivity contribution in [3.8, 4) is 0 Å². The van der Waals surface area contributed by atoms with Crippen LogP contribution in [0.15, 0.2) is 0 Å². The minimum absolute atomic E-state index is 0. The fourth-order valence-electron chi connectivity index (χ4n) is 3.66. The number of hydrogen-bond donors (Lipinski definition) is 2. The van der Waals surface area contributed by atoms with Gasteiger partial charge in [0, 0.05) is 19.0 Å². The molecule has 0 saturated carbocycles. The minimum Gasteiger partial charge on any atom is -0.369 e. The van der Waals surface area contributed by atoms with Gasteiger partial charge in [0.15, 0.2) is 0 Å². The van der Waals surface area contributed by atoms with Gasteiger partial charge in [-0.15, -0.1) is 12.4 Å². The van der Waals surface area contributed by atoms with E-state index in [1.165, 1.54) is 0 Å². The summed E-state index contributed by atoms with van der Waals surface area (Å²) in [5.41, 5.74) is 5.41. The first-order valence-electron chi connectivity index (χ1n) is 8.28. The average Bonchev–Trinajstić information content (AvgIpc) is 2.48. The molecule has 2 fully saturated rings. The molecule has 3 atom stereocenters. The molecule has 0 aliphatic carbocycles. The second-order valence-corrected chi connectivity index (χ2v) is 6.84. The van der Waals surface area contributed by atoms with E-state index in [-0.39, 0.29) is 36.2 Å². The number of carbonyl (C=O) groups excluding carboxylic acids is 2. The zero-order valence-corrected chi connectivity index (χ0v) is 14.5. The standard InChI is InChI=1S/C16H29N3O2.ClH/c1-11(13-5-7-18-8-6-13)9-15(20)19-10-14(16(17)21)4-3-12(19)2;/h11-14,18H,3-10H2,1-2H3,(H2,17,21);1H. The van der Waals surface area contributed by atoms with Crippen molar-refractivity contribution in [2.75, 3.05) is 19.6 Å². The molecule has 5 nitrogen and oxygen atoms in total. The number of carbonyl (C=O) groups is 2. The fourth-order valence-corrected chi connectivity index (χ4v) is 3.66. The van der Waals surface area contributed by atoms with Crippen molar-refractivity contribution < 1.29 is 9.59 Å². The number of rotatable bonds is 4. The van der Waals surface area contributed by atoms with Crippen LogP contribution in [0.4, 0.5) is 0 Å². The average molecular weight is 332 g/mol. The topological polar surface area (TPSA) is 75.4 Å². The Hall–Kier alpha value is -0.810. The van der Waals surface area contributed by atoms with E-state index in [1.807, 2.05) is 4.90 Å². The molecule has 3 unspecified atom stereocenters. The number of likely N-dealkylation sites (tertiary alicyclic amines) is 1. The third-order valence-corrected chi connectivity index (χ3v) is 5.29. The molecule has 2 heterocycles. The maximum atomic E-state index is 12.6. The van der Waals surface area contributed by atoms with E-state index >= 15 is 0 Å². The molecule has 0 radical (unpaired) electrons. The summed E-state index contributed by atoms with van der Waals surface area (Å²) in [7, 11) is 0. The monoisotopic (exact) mass is 331 g/mol. The molecule has 22 heavy (non-hydrogen) atoms. The van der Waals surface area contributed by atoms with Gasteiger partial charge in [-0.1, -0.05) is 6.92 Å². The van der Waals surface area contributed by atoms with Crippen molar-refractivity contribution in [2.24, 2.45) is 23.5 Å². The number of halogens is 1. The lowest BCUT2D eigenvalue weighted by molar-refractivity contribution is -0.138. The lowest BCUT2D eigenvalue weighted by Gasteiger charge is -2.38. The van der Waals surface area contributed by atoms with Crippen LogP contribution in [0.2, 0.25) is 0 Å². The van der Waals surface area contributed by atoms with Crippen LogP contribution in [0.25, 0.3) is 0 Å². The number of nitrogens with one attached hydrogen (secondary N) is 1. The first kappa shape index (κ1) is 19.2. The van der Waals surface area contributed by atoms with E-state index in [9.17, 15) is 9.59 Å². The Bertz CT molecular complexity index is 386. The maximum Gasteiger partial charge on any atom is 0.223 e. The smallest absolute Gasteiger partial charge is 0.223 e. The van der Waals surface area contributed by atoms with Crippen molar-refractivity contribution in [1.82, 2.24) is 10.2 Å². The van der Waals surface area contributed by atoms with Gasteiger partial charge < -0.3 is 16.0 Å². The molecular weight excluding hydrogens is 302 g/mol. The molecule has 2 amide bonds. The minimum atomic E-state index is -0.272. The van der Waals surface area contributed by atoms with Gasteiger partial charge in [-0.05, 0) is 57.5 Å². The summed E-state index contributed by atoms with van der Waals surface area (Å²) in [5.74, 6) is 0.813. The zero-order valence-electron chi connectivity index (χ0n) is 13.7. The predicted octanol–water partition coefficient (Wildman–Crippen LogP) is 1.55.